The van der Waals surface area contributed by atoms with E-state index in [9.17, 15) is 10.5 Å². The number of anilines is 2. The highest BCUT2D eigenvalue weighted by atomic mass is 15.2. The van der Waals surface area contributed by atoms with Crippen molar-refractivity contribution in [2.75, 3.05) is 17.7 Å². The molecule has 2 aromatic rings. The summed E-state index contributed by atoms with van der Waals surface area (Å²) in [6.07, 6.45) is 3.23. The molecule has 1 aliphatic carbocycles. The first-order chi connectivity index (χ1) is 15.0. The highest BCUT2D eigenvalue weighted by Gasteiger charge is 2.35. The fourth-order valence-corrected chi connectivity index (χ4v) is 5.24. The summed E-state index contributed by atoms with van der Waals surface area (Å²) in [6, 6.07) is 9.03. The van der Waals surface area contributed by atoms with E-state index in [-0.39, 0.29) is 11.4 Å². The Kier molecular flexibility index (Phi) is 4.90. The van der Waals surface area contributed by atoms with E-state index >= 15 is 0 Å². The Morgan fingerprint density at radius 3 is 2.50 bits per heavy atom. The molecule has 0 radical (unpaired) electrons. The molecule has 1 aromatic heterocycles. The summed E-state index contributed by atoms with van der Waals surface area (Å²) < 4.78 is 0. The quantitative estimate of drug-likeness (QED) is 0.633. The zero-order valence-electron chi connectivity index (χ0n) is 19.9. The van der Waals surface area contributed by atoms with E-state index in [1.807, 2.05) is 13.8 Å². The van der Waals surface area contributed by atoms with Crippen LogP contribution in [0.2, 0.25) is 0 Å². The largest absolute Gasteiger partial charge is 0.383 e. The molecule has 2 N–H and O–H groups in total. The summed E-state index contributed by atoms with van der Waals surface area (Å²) >= 11 is 0. The van der Waals surface area contributed by atoms with Crippen LogP contribution in [0.15, 0.2) is 17.7 Å². The number of nitrogens with zero attached hydrogens (tertiary/aromatic N) is 4. The minimum Gasteiger partial charge on any atom is -0.383 e. The van der Waals surface area contributed by atoms with E-state index in [4.69, 9.17) is 5.73 Å². The molecule has 0 saturated heterocycles. The average Bonchev–Trinajstić information content (AvgIpc) is 2.98. The first kappa shape index (κ1) is 21.7. The number of aromatic nitrogens is 1. The van der Waals surface area contributed by atoms with Gasteiger partial charge in [0.2, 0.25) is 0 Å². The van der Waals surface area contributed by atoms with Crippen LogP contribution >= 0.6 is 0 Å². The van der Waals surface area contributed by atoms with E-state index in [1.165, 1.54) is 16.8 Å². The van der Waals surface area contributed by atoms with E-state index in [1.54, 1.807) is 0 Å². The van der Waals surface area contributed by atoms with Gasteiger partial charge in [0, 0.05) is 23.8 Å². The van der Waals surface area contributed by atoms with Gasteiger partial charge in [-0.1, -0.05) is 6.92 Å². The van der Waals surface area contributed by atoms with E-state index in [0.717, 1.165) is 34.3 Å². The fourth-order valence-electron chi connectivity index (χ4n) is 5.24. The Morgan fingerprint density at radius 2 is 1.88 bits per heavy atom. The van der Waals surface area contributed by atoms with Crippen LogP contribution < -0.4 is 10.6 Å². The second kappa shape index (κ2) is 7.24. The van der Waals surface area contributed by atoms with E-state index < -0.39 is 0 Å². The van der Waals surface area contributed by atoms with Gasteiger partial charge in [-0.15, -0.1) is 0 Å². The van der Waals surface area contributed by atoms with Crippen molar-refractivity contribution in [3.63, 3.8) is 0 Å². The molecule has 0 amide bonds. The molecule has 0 saturated carbocycles. The second-order valence-corrected chi connectivity index (χ2v) is 9.75. The normalized spacial score (nSPS) is 20.1. The van der Waals surface area contributed by atoms with Gasteiger partial charge >= 0.3 is 0 Å². The predicted octanol–water partition coefficient (Wildman–Crippen LogP) is 5.73. The number of benzene rings is 1. The molecule has 2 heterocycles. The number of nitrogens with two attached hydrogens (primary N) is 1. The molecule has 0 fully saturated rings. The number of allylic oxidation sites excluding steroid dienone is 3. The number of nitrogen functional groups attached to an aromatic ring is 1. The van der Waals surface area contributed by atoms with Crippen LogP contribution in [0.3, 0.4) is 0 Å². The second-order valence-electron chi connectivity index (χ2n) is 9.75. The number of aryl methyl sites for hydroxylation is 1. The van der Waals surface area contributed by atoms with Crippen molar-refractivity contribution in [2.45, 2.75) is 59.4 Å². The minimum absolute atomic E-state index is 0.112. The average molecular weight is 424 g/mol. The first-order valence-electron chi connectivity index (χ1n) is 10.9. The van der Waals surface area contributed by atoms with Gasteiger partial charge in [0.1, 0.15) is 18.0 Å². The predicted molar refractivity (Wildman–Crippen MR) is 131 cm³/mol. The number of hydrogen-bond donors (Lipinski definition) is 1. The number of nitriles is 2. The molecule has 4 rings (SSSR count). The van der Waals surface area contributed by atoms with Gasteiger partial charge in [0.25, 0.3) is 0 Å². The maximum absolute atomic E-state index is 9.81. The van der Waals surface area contributed by atoms with Gasteiger partial charge in [-0.3, -0.25) is 0 Å². The molecule has 5 nitrogen and oxygen atoms in total. The van der Waals surface area contributed by atoms with Gasteiger partial charge in [0.15, 0.2) is 0 Å². The molecule has 0 bridgehead atoms. The van der Waals surface area contributed by atoms with Crippen molar-refractivity contribution in [1.82, 2.24) is 4.98 Å². The Morgan fingerprint density at radius 1 is 1.19 bits per heavy atom. The number of pyridine rings is 1. The first-order valence-corrected chi connectivity index (χ1v) is 10.9. The zero-order valence-corrected chi connectivity index (χ0v) is 19.9. The van der Waals surface area contributed by atoms with Crippen molar-refractivity contribution >= 4 is 28.7 Å². The summed E-state index contributed by atoms with van der Waals surface area (Å²) in [5.41, 5.74) is 16.0. The Labute approximate surface area is 190 Å². The number of fused-ring (bicyclic) bond motifs is 2. The Bertz CT molecular complexity index is 1310. The van der Waals surface area contributed by atoms with Gasteiger partial charge in [-0.05, 0) is 98.6 Å². The van der Waals surface area contributed by atoms with Gasteiger partial charge in [-0.2, -0.15) is 10.5 Å². The Hall–Kier alpha value is -3.57. The summed E-state index contributed by atoms with van der Waals surface area (Å²) in [4.78, 5) is 6.82. The molecular formula is C27H29N5. The molecule has 1 unspecified atom stereocenters. The van der Waals surface area contributed by atoms with Gasteiger partial charge in [-0.25, -0.2) is 4.98 Å². The van der Waals surface area contributed by atoms with Crippen LogP contribution in [0.25, 0.3) is 17.2 Å². The lowest BCUT2D eigenvalue weighted by Gasteiger charge is -2.45. The lowest BCUT2D eigenvalue weighted by molar-refractivity contribution is 0.395. The summed E-state index contributed by atoms with van der Waals surface area (Å²) in [5, 5.41) is 19.4. The van der Waals surface area contributed by atoms with Crippen molar-refractivity contribution in [3.05, 3.63) is 56.8 Å². The maximum atomic E-state index is 9.81. The summed E-state index contributed by atoms with van der Waals surface area (Å²) in [5.74, 6) is 0.625. The van der Waals surface area contributed by atoms with Crippen LogP contribution in [-0.2, 0) is 0 Å². The zero-order chi connectivity index (χ0) is 23.5. The monoisotopic (exact) mass is 423 g/mol. The van der Waals surface area contributed by atoms with E-state index in [0.29, 0.717) is 22.7 Å². The number of rotatable bonds is 1. The van der Waals surface area contributed by atoms with Crippen molar-refractivity contribution in [1.29, 1.82) is 10.5 Å². The van der Waals surface area contributed by atoms with Gasteiger partial charge in [0.05, 0.1) is 16.8 Å². The highest BCUT2D eigenvalue weighted by Crippen LogP contribution is 2.46. The van der Waals surface area contributed by atoms with Crippen LogP contribution in [0.4, 0.5) is 11.5 Å². The lowest BCUT2D eigenvalue weighted by atomic mass is 9.79. The molecule has 0 spiro atoms. The Balaban J connectivity index is 1.96. The lowest BCUT2D eigenvalue weighted by Crippen LogP contribution is -2.45. The van der Waals surface area contributed by atoms with Crippen molar-refractivity contribution in [3.8, 4) is 12.1 Å². The topological polar surface area (TPSA) is 89.7 Å². The standard InChI is InChI=1S/C27H29N5/c1-14-8-23-19(15(2)11-27(5,6)32(23)7)9-18(14)10-20-16(3)21(12-28)25-24(20)17(4)22(13-29)26(30)31-25/h8-10,15H,11H2,1-7H3,(H2,30,31)/b20-10-. The molecule has 2 aliphatic rings. The minimum atomic E-state index is 0.112. The summed E-state index contributed by atoms with van der Waals surface area (Å²) in [6.45, 7) is 12.8. The fraction of sp³-hybridized carbons (Fsp3) is 0.370. The highest BCUT2D eigenvalue weighted by molar-refractivity contribution is 6.09. The SMILES string of the molecule is CC1=C(C#N)c2nc(N)c(C#N)c(C)c2/C1=C\c1cc2c(cc1C)N(C)C(C)(C)CC2C. The molecule has 162 valence electrons. The molecule has 1 aliphatic heterocycles. The molecule has 1 aromatic carbocycles. The third kappa shape index (κ3) is 3.00. The molecule has 5 heteroatoms. The van der Waals surface area contributed by atoms with Crippen molar-refractivity contribution < 1.29 is 0 Å². The molecule has 1 atom stereocenters. The smallest absolute Gasteiger partial charge is 0.142 e. The molecule has 32 heavy (non-hydrogen) atoms. The van der Waals surface area contributed by atoms with E-state index in [2.05, 4.69) is 75.0 Å². The summed E-state index contributed by atoms with van der Waals surface area (Å²) in [7, 11) is 2.17. The van der Waals surface area contributed by atoms with Crippen LogP contribution in [0, 0.1) is 36.5 Å². The van der Waals surface area contributed by atoms with Crippen LogP contribution in [-0.4, -0.2) is 17.6 Å². The third-order valence-corrected chi connectivity index (χ3v) is 7.31. The number of hydrogen-bond acceptors (Lipinski definition) is 5. The van der Waals surface area contributed by atoms with Gasteiger partial charge < -0.3 is 10.6 Å². The van der Waals surface area contributed by atoms with Crippen LogP contribution in [0.5, 0.6) is 0 Å². The van der Waals surface area contributed by atoms with Crippen LogP contribution in [0.1, 0.15) is 79.1 Å². The third-order valence-electron chi connectivity index (χ3n) is 7.31. The van der Waals surface area contributed by atoms with Crippen molar-refractivity contribution in [2.24, 2.45) is 0 Å². The molecular weight excluding hydrogens is 394 g/mol. The maximum Gasteiger partial charge on any atom is 0.142 e.